The molecule has 0 aromatic heterocycles. The molecule has 4 heteroatoms. The molecule has 0 bridgehead atoms. The van der Waals surface area contributed by atoms with Gasteiger partial charge < -0.3 is 10.4 Å². The van der Waals surface area contributed by atoms with Gasteiger partial charge in [0.2, 0.25) is 0 Å². The molecule has 0 fully saturated rings. The lowest BCUT2D eigenvalue weighted by Gasteiger charge is -2.09. The third kappa shape index (κ3) is 2.77. The highest BCUT2D eigenvalue weighted by molar-refractivity contribution is 5.47. The van der Waals surface area contributed by atoms with E-state index >= 15 is 0 Å². The fourth-order valence-corrected chi connectivity index (χ4v) is 1.65. The van der Waals surface area contributed by atoms with E-state index in [0.29, 0.717) is 6.54 Å². The first kappa shape index (κ1) is 12.4. The summed E-state index contributed by atoms with van der Waals surface area (Å²) < 4.78 is 26.8. The predicted octanol–water partition coefficient (Wildman–Crippen LogP) is 3.59. The minimum absolute atomic E-state index is 0.112. The summed E-state index contributed by atoms with van der Waals surface area (Å²) in [5.74, 6) is -0.797. The summed E-state index contributed by atoms with van der Waals surface area (Å²) in [6.45, 7) is 1.82. The smallest absolute Gasteiger partial charge is 0.146 e. The average Bonchev–Trinajstić information content (AvgIpc) is 2.32. The Bertz CT molecular complexity index is 570. The first-order chi connectivity index (χ1) is 8.56. The van der Waals surface area contributed by atoms with Crippen LogP contribution in [0.1, 0.15) is 11.1 Å². The minimum Gasteiger partial charge on any atom is -0.508 e. The molecule has 0 atom stereocenters. The highest BCUT2D eigenvalue weighted by Crippen LogP contribution is 2.20. The Hall–Kier alpha value is -2.10. The van der Waals surface area contributed by atoms with Gasteiger partial charge in [-0.1, -0.05) is 12.1 Å². The summed E-state index contributed by atoms with van der Waals surface area (Å²) in [7, 11) is 0. The fourth-order valence-electron chi connectivity index (χ4n) is 1.65. The van der Waals surface area contributed by atoms with E-state index in [4.69, 9.17) is 0 Å². The van der Waals surface area contributed by atoms with Gasteiger partial charge in [-0.3, -0.25) is 0 Å². The maximum absolute atomic E-state index is 13.5. The molecule has 2 aromatic carbocycles. The van der Waals surface area contributed by atoms with Crippen molar-refractivity contribution in [2.24, 2.45) is 0 Å². The van der Waals surface area contributed by atoms with E-state index in [1.165, 1.54) is 6.92 Å². The van der Waals surface area contributed by atoms with Crippen LogP contribution in [0.25, 0.3) is 0 Å². The molecular weight excluding hydrogens is 236 g/mol. The minimum atomic E-state index is -0.492. The molecule has 2 nitrogen and oxygen atoms in total. The molecule has 0 saturated carbocycles. The summed E-state index contributed by atoms with van der Waals surface area (Å²) in [5.41, 5.74) is 1.17. The van der Waals surface area contributed by atoms with Gasteiger partial charge in [-0.05, 0) is 36.2 Å². The van der Waals surface area contributed by atoms with E-state index in [2.05, 4.69) is 5.32 Å². The van der Waals surface area contributed by atoms with Crippen LogP contribution >= 0.6 is 0 Å². The van der Waals surface area contributed by atoms with Crippen molar-refractivity contribution in [3.8, 4) is 5.75 Å². The third-order valence-corrected chi connectivity index (χ3v) is 2.64. The number of halogens is 2. The molecule has 18 heavy (non-hydrogen) atoms. The molecule has 2 aromatic rings. The molecule has 0 aliphatic carbocycles. The van der Waals surface area contributed by atoms with Gasteiger partial charge >= 0.3 is 0 Å². The van der Waals surface area contributed by atoms with Crippen molar-refractivity contribution in [3.05, 3.63) is 59.2 Å². The molecule has 0 spiro atoms. The second-order valence-corrected chi connectivity index (χ2v) is 4.10. The lowest BCUT2D eigenvalue weighted by atomic mass is 10.2. The van der Waals surface area contributed by atoms with Crippen molar-refractivity contribution >= 4 is 5.69 Å². The number of rotatable bonds is 3. The predicted molar refractivity (Wildman–Crippen MR) is 66.5 cm³/mol. The van der Waals surface area contributed by atoms with E-state index in [-0.39, 0.29) is 17.0 Å². The molecule has 94 valence electrons. The Morgan fingerprint density at radius 2 is 1.89 bits per heavy atom. The lowest BCUT2D eigenvalue weighted by Crippen LogP contribution is -2.02. The zero-order valence-corrected chi connectivity index (χ0v) is 9.87. The van der Waals surface area contributed by atoms with Gasteiger partial charge in [-0.2, -0.15) is 0 Å². The molecule has 0 amide bonds. The van der Waals surface area contributed by atoms with Crippen LogP contribution in [0, 0.1) is 18.6 Å². The Morgan fingerprint density at radius 1 is 1.11 bits per heavy atom. The van der Waals surface area contributed by atoms with Crippen LogP contribution in [0.3, 0.4) is 0 Å². The summed E-state index contributed by atoms with van der Waals surface area (Å²) in [6.07, 6.45) is 0. The second kappa shape index (κ2) is 5.04. The van der Waals surface area contributed by atoms with E-state index in [1.807, 2.05) is 0 Å². The van der Waals surface area contributed by atoms with Crippen molar-refractivity contribution in [2.75, 3.05) is 5.32 Å². The molecule has 0 aliphatic rings. The topological polar surface area (TPSA) is 32.3 Å². The number of nitrogens with one attached hydrogen (secondary N) is 1. The Morgan fingerprint density at radius 3 is 2.61 bits per heavy atom. The van der Waals surface area contributed by atoms with Crippen LogP contribution in [0.15, 0.2) is 36.4 Å². The van der Waals surface area contributed by atoms with E-state index < -0.39 is 11.6 Å². The second-order valence-electron chi connectivity index (χ2n) is 4.10. The molecule has 2 rings (SSSR count). The highest BCUT2D eigenvalue weighted by atomic mass is 19.1. The number of anilines is 1. The summed E-state index contributed by atoms with van der Waals surface area (Å²) in [6, 6.07) is 8.88. The van der Waals surface area contributed by atoms with Crippen LogP contribution in [-0.4, -0.2) is 5.11 Å². The van der Waals surface area contributed by atoms with Gasteiger partial charge in [0.25, 0.3) is 0 Å². The summed E-state index contributed by atoms with van der Waals surface area (Å²) >= 11 is 0. The quantitative estimate of drug-likeness (QED) is 0.871. The molecule has 2 N–H and O–H groups in total. The maximum atomic E-state index is 13.5. The average molecular weight is 249 g/mol. The Kier molecular flexibility index (Phi) is 3.46. The number of hydrogen-bond acceptors (Lipinski definition) is 2. The van der Waals surface area contributed by atoms with Crippen molar-refractivity contribution in [1.29, 1.82) is 0 Å². The monoisotopic (exact) mass is 249 g/mol. The summed E-state index contributed by atoms with van der Waals surface area (Å²) in [4.78, 5) is 0. The van der Waals surface area contributed by atoms with Crippen molar-refractivity contribution in [3.63, 3.8) is 0 Å². The van der Waals surface area contributed by atoms with Gasteiger partial charge in [0.1, 0.15) is 17.4 Å². The normalized spacial score (nSPS) is 10.4. The van der Waals surface area contributed by atoms with E-state index in [9.17, 15) is 13.9 Å². The van der Waals surface area contributed by atoms with Crippen LogP contribution in [0.2, 0.25) is 0 Å². The number of phenolic OH excluding ortho intramolecular Hbond substituents is 1. The van der Waals surface area contributed by atoms with Gasteiger partial charge in [0, 0.05) is 12.6 Å². The molecule has 0 saturated heterocycles. The van der Waals surface area contributed by atoms with Crippen LogP contribution in [0.5, 0.6) is 5.75 Å². The van der Waals surface area contributed by atoms with Crippen molar-refractivity contribution < 1.29 is 13.9 Å². The molecule has 0 radical (unpaired) electrons. The Balaban J connectivity index is 2.13. The number of hydrogen-bond donors (Lipinski definition) is 2. The number of benzene rings is 2. The molecule has 0 heterocycles. The number of phenols is 1. The zero-order valence-electron chi connectivity index (χ0n) is 9.87. The van der Waals surface area contributed by atoms with Crippen LogP contribution < -0.4 is 5.32 Å². The van der Waals surface area contributed by atoms with Gasteiger partial charge in [-0.25, -0.2) is 8.78 Å². The van der Waals surface area contributed by atoms with Crippen molar-refractivity contribution in [1.82, 2.24) is 0 Å². The first-order valence-electron chi connectivity index (χ1n) is 5.53. The largest absolute Gasteiger partial charge is 0.508 e. The summed E-state index contributed by atoms with van der Waals surface area (Å²) in [5, 5.41) is 12.1. The molecule has 0 aliphatic heterocycles. The lowest BCUT2D eigenvalue weighted by molar-refractivity contribution is 0.474. The van der Waals surface area contributed by atoms with E-state index in [0.717, 1.165) is 17.7 Å². The van der Waals surface area contributed by atoms with Crippen LogP contribution in [0.4, 0.5) is 14.5 Å². The maximum Gasteiger partial charge on any atom is 0.146 e. The first-order valence-corrected chi connectivity index (χ1v) is 5.53. The van der Waals surface area contributed by atoms with E-state index in [1.54, 1.807) is 24.3 Å². The van der Waals surface area contributed by atoms with Gasteiger partial charge in [0.05, 0.1) is 5.69 Å². The molecule has 0 unspecified atom stereocenters. The number of aromatic hydroxyl groups is 1. The zero-order chi connectivity index (χ0) is 13.1. The SMILES string of the molecule is Cc1cc(F)c(NCc2cccc(O)c2)cc1F. The van der Waals surface area contributed by atoms with Gasteiger partial charge in [-0.15, -0.1) is 0 Å². The molecular formula is C14H13F2NO. The third-order valence-electron chi connectivity index (χ3n) is 2.64. The van der Waals surface area contributed by atoms with Gasteiger partial charge in [0.15, 0.2) is 0 Å². The fraction of sp³-hybridized carbons (Fsp3) is 0.143. The van der Waals surface area contributed by atoms with Crippen molar-refractivity contribution in [2.45, 2.75) is 13.5 Å². The Labute approximate surface area is 104 Å². The standard InChI is InChI=1S/C14H13F2NO/c1-9-5-13(16)14(7-12(9)15)17-8-10-3-2-4-11(18)6-10/h2-7,17-18H,8H2,1H3. The highest BCUT2D eigenvalue weighted by Gasteiger charge is 2.06. The van der Waals surface area contributed by atoms with Crippen LogP contribution in [-0.2, 0) is 6.54 Å². The number of aryl methyl sites for hydroxylation is 1.